The summed E-state index contributed by atoms with van der Waals surface area (Å²) in [5.41, 5.74) is 0. The Morgan fingerprint density at radius 1 is 1.04 bits per heavy atom. The van der Waals surface area contributed by atoms with Crippen LogP contribution in [-0.2, 0) is 33.3 Å². The molecule has 2 bridgehead atoms. The molecule has 0 aromatic rings. The maximum absolute atomic E-state index is 12.6. The van der Waals surface area contributed by atoms with Crippen LogP contribution in [0, 0.1) is 17.8 Å². The smallest absolute Gasteiger partial charge is 0.350 e. The Labute approximate surface area is 157 Å². The van der Waals surface area contributed by atoms with E-state index in [4.69, 9.17) is 23.7 Å². The van der Waals surface area contributed by atoms with Gasteiger partial charge in [-0.05, 0) is 37.5 Å². The summed E-state index contributed by atoms with van der Waals surface area (Å²) < 4.78 is 29.4. The molecule has 7 heteroatoms. The van der Waals surface area contributed by atoms with Crippen molar-refractivity contribution < 1.29 is 33.3 Å². The van der Waals surface area contributed by atoms with E-state index in [0.717, 1.165) is 38.5 Å². The van der Waals surface area contributed by atoms with Gasteiger partial charge >= 0.3 is 11.9 Å². The molecular formula is C20H24O7. The Bertz CT molecular complexity index is 696. The summed E-state index contributed by atoms with van der Waals surface area (Å²) in [5.74, 6) is -0.922. The molecule has 0 aromatic carbocycles. The molecule has 0 aromatic heterocycles. The van der Waals surface area contributed by atoms with Gasteiger partial charge in [0.2, 0.25) is 6.10 Å². The number of esters is 2. The molecule has 0 amide bonds. The molecule has 146 valence electrons. The monoisotopic (exact) mass is 376 g/mol. The van der Waals surface area contributed by atoms with Crippen molar-refractivity contribution in [1.82, 2.24) is 0 Å². The highest BCUT2D eigenvalue weighted by molar-refractivity contribution is 5.83. The van der Waals surface area contributed by atoms with E-state index >= 15 is 0 Å². The second-order valence-electron chi connectivity index (χ2n) is 8.79. The van der Waals surface area contributed by atoms with Gasteiger partial charge in [0.05, 0.1) is 5.92 Å². The average molecular weight is 376 g/mol. The molecule has 7 nitrogen and oxygen atoms in total. The number of hydrogen-bond acceptors (Lipinski definition) is 7. The molecule has 8 atom stereocenters. The molecule has 3 heterocycles. The van der Waals surface area contributed by atoms with Crippen LogP contribution in [-0.4, -0.2) is 48.4 Å². The highest BCUT2D eigenvalue weighted by atomic mass is 16.9. The zero-order valence-corrected chi connectivity index (χ0v) is 15.1. The topological polar surface area (TPSA) is 80.3 Å². The zero-order valence-electron chi connectivity index (χ0n) is 15.1. The van der Waals surface area contributed by atoms with E-state index in [2.05, 4.69) is 12.2 Å². The lowest BCUT2D eigenvalue weighted by molar-refractivity contribution is -0.246. The van der Waals surface area contributed by atoms with E-state index in [9.17, 15) is 9.59 Å². The Hall–Kier alpha value is -1.44. The van der Waals surface area contributed by atoms with Crippen LogP contribution in [0.3, 0.4) is 0 Å². The van der Waals surface area contributed by atoms with E-state index in [1.807, 2.05) is 0 Å². The van der Waals surface area contributed by atoms with Gasteiger partial charge in [-0.3, -0.25) is 4.79 Å². The third-order valence-electron chi connectivity index (χ3n) is 7.11. The minimum Gasteiger partial charge on any atom is -0.454 e. The van der Waals surface area contributed by atoms with Gasteiger partial charge in [0.15, 0.2) is 24.3 Å². The summed E-state index contributed by atoms with van der Waals surface area (Å²) in [6.45, 7) is 0. The number of fused-ring (bicyclic) bond motifs is 5. The summed E-state index contributed by atoms with van der Waals surface area (Å²) in [5, 5.41) is 0. The van der Waals surface area contributed by atoms with E-state index in [-0.39, 0.29) is 17.8 Å². The molecule has 6 aliphatic rings. The van der Waals surface area contributed by atoms with Crippen molar-refractivity contribution in [3.8, 4) is 0 Å². The molecular weight excluding hydrogens is 352 g/mol. The van der Waals surface area contributed by atoms with Gasteiger partial charge in [0.1, 0.15) is 6.10 Å². The van der Waals surface area contributed by atoms with Crippen LogP contribution in [0.2, 0.25) is 0 Å². The molecule has 27 heavy (non-hydrogen) atoms. The van der Waals surface area contributed by atoms with Crippen LogP contribution in [0.15, 0.2) is 12.2 Å². The fourth-order valence-corrected chi connectivity index (χ4v) is 5.78. The van der Waals surface area contributed by atoms with Crippen molar-refractivity contribution in [2.75, 3.05) is 0 Å². The predicted octanol–water partition coefficient (Wildman–Crippen LogP) is 1.84. The second kappa shape index (κ2) is 5.78. The lowest BCUT2D eigenvalue weighted by Gasteiger charge is -2.33. The van der Waals surface area contributed by atoms with Crippen molar-refractivity contribution in [2.24, 2.45) is 17.8 Å². The minimum absolute atomic E-state index is 0.161. The Morgan fingerprint density at radius 3 is 2.63 bits per heavy atom. The van der Waals surface area contributed by atoms with E-state index in [1.54, 1.807) is 0 Å². The van der Waals surface area contributed by atoms with Gasteiger partial charge in [-0.25, -0.2) is 4.79 Å². The van der Waals surface area contributed by atoms with Crippen LogP contribution < -0.4 is 0 Å². The number of carbonyl (C=O) groups excluding carboxylic acids is 2. The average Bonchev–Trinajstić information content (AvgIpc) is 3.45. The Kier molecular flexibility index (Phi) is 3.53. The molecule has 3 aliphatic heterocycles. The number of ether oxygens (including phenoxy) is 5. The summed E-state index contributed by atoms with van der Waals surface area (Å²) in [6.07, 6.45) is 7.82. The number of hydrogen-bond donors (Lipinski definition) is 0. The molecule has 6 rings (SSSR count). The first-order chi connectivity index (χ1) is 13.1. The molecule has 1 spiro atoms. The SMILES string of the molecule is O=C(OC1C(=O)OC2C3OC4(CCCCC4)OC3OC12)C1CC2C=CC1C2. The third kappa shape index (κ3) is 2.44. The molecule has 0 N–H and O–H groups in total. The third-order valence-corrected chi connectivity index (χ3v) is 7.11. The lowest BCUT2D eigenvalue weighted by atomic mass is 9.94. The van der Waals surface area contributed by atoms with Crippen LogP contribution in [0.25, 0.3) is 0 Å². The maximum atomic E-state index is 12.6. The maximum Gasteiger partial charge on any atom is 0.350 e. The molecule has 3 aliphatic carbocycles. The largest absolute Gasteiger partial charge is 0.454 e. The van der Waals surface area contributed by atoms with Crippen LogP contribution in [0.4, 0.5) is 0 Å². The number of carbonyl (C=O) groups is 2. The van der Waals surface area contributed by atoms with Gasteiger partial charge < -0.3 is 23.7 Å². The highest BCUT2D eigenvalue weighted by Gasteiger charge is 2.66. The fourth-order valence-electron chi connectivity index (χ4n) is 5.78. The van der Waals surface area contributed by atoms with Crippen molar-refractivity contribution in [3.05, 3.63) is 12.2 Å². The first-order valence-corrected chi connectivity index (χ1v) is 10.2. The summed E-state index contributed by atoms with van der Waals surface area (Å²) in [4.78, 5) is 25.0. The summed E-state index contributed by atoms with van der Waals surface area (Å²) >= 11 is 0. The zero-order chi connectivity index (χ0) is 18.2. The molecule has 5 fully saturated rings. The van der Waals surface area contributed by atoms with Crippen molar-refractivity contribution in [1.29, 1.82) is 0 Å². The summed E-state index contributed by atoms with van der Waals surface area (Å²) in [7, 11) is 0. The lowest BCUT2D eigenvalue weighted by Crippen LogP contribution is -2.41. The van der Waals surface area contributed by atoms with Crippen molar-refractivity contribution in [3.63, 3.8) is 0 Å². The first-order valence-electron chi connectivity index (χ1n) is 10.2. The number of rotatable bonds is 2. The van der Waals surface area contributed by atoms with Crippen LogP contribution in [0.1, 0.15) is 44.9 Å². The normalized spacial score (nSPS) is 48.7. The van der Waals surface area contributed by atoms with Crippen molar-refractivity contribution >= 4 is 11.9 Å². The van der Waals surface area contributed by atoms with Gasteiger partial charge in [-0.15, -0.1) is 0 Å². The standard InChI is InChI=1S/C20H24O7/c21-17(12-9-10-4-5-11(12)8-10)24-15-13-14(23-18(15)22)16-19(25-13)27-20(26-16)6-2-1-3-7-20/h4-5,10-16,19H,1-3,6-9H2. The first kappa shape index (κ1) is 16.5. The molecule has 2 saturated carbocycles. The van der Waals surface area contributed by atoms with Gasteiger partial charge in [0.25, 0.3) is 0 Å². The Morgan fingerprint density at radius 2 is 1.89 bits per heavy atom. The van der Waals surface area contributed by atoms with Gasteiger partial charge in [0, 0.05) is 12.8 Å². The molecule has 3 saturated heterocycles. The van der Waals surface area contributed by atoms with Crippen molar-refractivity contribution in [2.45, 2.75) is 81.4 Å². The molecule has 0 radical (unpaired) electrons. The predicted molar refractivity (Wildman–Crippen MR) is 89.0 cm³/mol. The highest BCUT2D eigenvalue weighted by Crippen LogP contribution is 2.49. The van der Waals surface area contributed by atoms with Crippen LogP contribution >= 0.6 is 0 Å². The minimum atomic E-state index is -1.02. The van der Waals surface area contributed by atoms with E-state index in [1.165, 1.54) is 6.42 Å². The molecule has 8 unspecified atom stereocenters. The Balaban J connectivity index is 1.14. The van der Waals surface area contributed by atoms with Gasteiger partial charge in [-0.1, -0.05) is 18.6 Å². The quantitative estimate of drug-likeness (QED) is 0.537. The summed E-state index contributed by atoms with van der Waals surface area (Å²) in [6, 6.07) is 0. The number of allylic oxidation sites excluding steroid dienone is 2. The fraction of sp³-hybridized carbons (Fsp3) is 0.800. The van der Waals surface area contributed by atoms with Gasteiger partial charge in [-0.2, -0.15) is 0 Å². The van der Waals surface area contributed by atoms with Crippen LogP contribution in [0.5, 0.6) is 0 Å². The second-order valence-corrected chi connectivity index (χ2v) is 8.79. The van der Waals surface area contributed by atoms with E-state index in [0.29, 0.717) is 5.92 Å². The van der Waals surface area contributed by atoms with E-state index < -0.39 is 42.5 Å².